The number of anilines is 1. The molecule has 1 N–H and O–H groups in total. The summed E-state index contributed by atoms with van der Waals surface area (Å²) in [5, 5.41) is 2.97. The average Bonchev–Trinajstić information content (AvgIpc) is 3.49. The monoisotopic (exact) mass is 459 g/mol. The number of nitrogens with one attached hydrogen (secondary N) is 1. The van der Waals surface area contributed by atoms with Gasteiger partial charge < -0.3 is 19.4 Å². The van der Waals surface area contributed by atoms with E-state index in [1.807, 2.05) is 55.5 Å². The largest absolute Gasteiger partial charge is 0.492 e. The minimum Gasteiger partial charge on any atom is -0.492 e. The molecule has 0 spiro atoms. The van der Waals surface area contributed by atoms with E-state index in [0.717, 1.165) is 24.0 Å². The van der Waals surface area contributed by atoms with Gasteiger partial charge in [0.15, 0.2) is 5.58 Å². The molecule has 6 nitrogen and oxygen atoms in total. The number of hydrogen-bond donors (Lipinski definition) is 1. The Kier molecular flexibility index (Phi) is 5.92. The molecule has 0 saturated carbocycles. The van der Waals surface area contributed by atoms with E-state index in [1.54, 1.807) is 17.9 Å². The first-order chi connectivity index (χ1) is 16.5. The molecule has 2 heterocycles. The molecule has 0 aliphatic carbocycles. The molecule has 7 heteroatoms. The zero-order valence-corrected chi connectivity index (χ0v) is 19.2. The molecule has 3 aromatic carbocycles. The standard InChI is InChI=1S/C27H26FN3O3/c1-3-33-24-9-5-4-7-21(24)30-27(32)31-14-6-8-23(31)26-29-22-16-19(11-13-25(22)34-26)18-10-12-20(28)17(2)15-18/h4-5,7,9-13,15-16,23H,3,6,8,14H2,1-2H3,(H,30,32)/t23-/m0/s1. The maximum Gasteiger partial charge on any atom is 0.322 e. The van der Waals surface area contributed by atoms with Crippen LogP contribution < -0.4 is 10.1 Å². The lowest BCUT2D eigenvalue weighted by Gasteiger charge is -2.23. The lowest BCUT2D eigenvalue weighted by atomic mass is 10.0. The molecule has 2 amide bonds. The molecule has 1 atom stereocenters. The summed E-state index contributed by atoms with van der Waals surface area (Å²) in [6, 6.07) is 17.7. The molecule has 174 valence electrons. The number of para-hydroxylation sites is 2. The van der Waals surface area contributed by atoms with Crippen molar-refractivity contribution in [2.45, 2.75) is 32.7 Å². The first-order valence-electron chi connectivity index (χ1n) is 11.5. The fourth-order valence-corrected chi connectivity index (χ4v) is 4.40. The van der Waals surface area contributed by atoms with Gasteiger partial charge in [0.05, 0.1) is 12.3 Å². The number of oxazole rings is 1. The van der Waals surface area contributed by atoms with Crippen LogP contribution >= 0.6 is 0 Å². The van der Waals surface area contributed by atoms with Gasteiger partial charge in [-0.2, -0.15) is 0 Å². The second-order valence-corrected chi connectivity index (χ2v) is 8.41. The number of hydrogen-bond acceptors (Lipinski definition) is 4. The Morgan fingerprint density at radius 2 is 1.97 bits per heavy atom. The first kappa shape index (κ1) is 21.9. The zero-order chi connectivity index (χ0) is 23.7. The first-order valence-corrected chi connectivity index (χ1v) is 11.5. The van der Waals surface area contributed by atoms with Crippen LogP contribution in [0.15, 0.2) is 65.1 Å². The molecule has 1 aromatic heterocycles. The van der Waals surface area contributed by atoms with Gasteiger partial charge in [-0.05, 0) is 79.8 Å². The van der Waals surface area contributed by atoms with Crippen LogP contribution in [0, 0.1) is 12.7 Å². The molecule has 1 aliphatic rings. The van der Waals surface area contributed by atoms with Crippen molar-refractivity contribution in [1.82, 2.24) is 9.88 Å². The number of likely N-dealkylation sites (tertiary alicyclic amines) is 1. The average molecular weight is 460 g/mol. The molecule has 1 saturated heterocycles. The normalized spacial score (nSPS) is 15.6. The number of carbonyl (C=O) groups is 1. The van der Waals surface area contributed by atoms with E-state index >= 15 is 0 Å². The fraction of sp³-hybridized carbons (Fsp3) is 0.259. The van der Waals surface area contributed by atoms with Crippen molar-refractivity contribution in [3.05, 3.63) is 77.9 Å². The number of amides is 2. The van der Waals surface area contributed by atoms with Crippen LogP contribution in [-0.4, -0.2) is 29.1 Å². The summed E-state index contributed by atoms with van der Waals surface area (Å²) < 4.78 is 25.4. The number of nitrogens with zero attached hydrogens (tertiary/aromatic N) is 2. The molecule has 0 bridgehead atoms. The summed E-state index contributed by atoms with van der Waals surface area (Å²) in [4.78, 5) is 19.6. The zero-order valence-electron chi connectivity index (χ0n) is 19.2. The van der Waals surface area contributed by atoms with E-state index in [2.05, 4.69) is 5.32 Å². The maximum atomic E-state index is 13.7. The summed E-state index contributed by atoms with van der Waals surface area (Å²) in [7, 11) is 0. The Labute approximate surface area is 197 Å². The van der Waals surface area contributed by atoms with E-state index in [4.69, 9.17) is 14.1 Å². The maximum absolute atomic E-state index is 13.7. The lowest BCUT2D eigenvalue weighted by molar-refractivity contribution is 0.198. The Morgan fingerprint density at radius 3 is 2.79 bits per heavy atom. The highest BCUT2D eigenvalue weighted by molar-refractivity contribution is 5.91. The highest BCUT2D eigenvalue weighted by Crippen LogP contribution is 2.35. The van der Waals surface area contributed by atoms with Crippen molar-refractivity contribution in [1.29, 1.82) is 0 Å². The number of carbonyl (C=O) groups excluding carboxylic acids is 1. The Bertz CT molecular complexity index is 1350. The van der Waals surface area contributed by atoms with Gasteiger partial charge in [-0.25, -0.2) is 14.2 Å². The molecule has 5 rings (SSSR count). The number of aryl methyl sites for hydroxylation is 1. The van der Waals surface area contributed by atoms with E-state index in [0.29, 0.717) is 47.1 Å². The quantitative estimate of drug-likeness (QED) is 0.360. The van der Waals surface area contributed by atoms with Crippen LogP contribution in [0.25, 0.3) is 22.2 Å². The van der Waals surface area contributed by atoms with Crippen molar-refractivity contribution < 1.29 is 18.3 Å². The Hall–Kier alpha value is -3.87. The van der Waals surface area contributed by atoms with Crippen LogP contribution in [0.4, 0.5) is 14.9 Å². The van der Waals surface area contributed by atoms with Crippen molar-refractivity contribution in [2.75, 3.05) is 18.5 Å². The van der Waals surface area contributed by atoms with Crippen LogP contribution in [0.1, 0.15) is 37.3 Å². The summed E-state index contributed by atoms with van der Waals surface area (Å²) in [5.74, 6) is 0.935. The third-order valence-corrected chi connectivity index (χ3v) is 6.12. The summed E-state index contributed by atoms with van der Waals surface area (Å²) in [6.45, 7) is 4.79. The number of halogens is 1. The highest BCUT2D eigenvalue weighted by atomic mass is 19.1. The smallest absolute Gasteiger partial charge is 0.322 e. The fourth-order valence-electron chi connectivity index (χ4n) is 4.40. The van der Waals surface area contributed by atoms with Crippen molar-refractivity contribution in [3.8, 4) is 16.9 Å². The summed E-state index contributed by atoms with van der Waals surface area (Å²) in [5.41, 5.74) is 4.45. The molecule has 4 aromatic rings. The Morgan fingerprint density at radius 1 is 1.18 bits per heavy atom. The third kappa shape index (κ3) is 4.21. The Balaban J connectivity index is 1.39. The van der Waals surface area contributed by atoms with Gasteiger partial charge >= 0.3 is 6.03 Å². The van der Waals surface area contributed by atoms with Gasteiger partial charge in [0.1, 0.15) is 23.1 Å². The number of rotatable bonds is 5. The molecular formula is C27H26FN3O3. The van der Waals surface area contributed by atoms with E-state index in [9.17, 15) is 9.18 Å². The SMILES string of the molecule is CCOc1ccccc1NC(=O)N1CCC[C@H]1c1nc2cc(-c3ccc(F)c(C)c3)ccc2o1. The van der Waals surface area contributed by atoms with Crippen molar-refractivity contribution in [3.63, 3.8) is 0 Å². The van der Waals surface area contributed by atoms with Gasteiger partial charge in [-0.15, -0.1) is 0 Å². The van der Waals surface area contributed by atoms with Gasteiger partial charge in [-0.1, -0.05) is 24.3 Å². The summed E-state index contributed by atoms with van der Waals surface area (Å²) >= 11 is 0. The van der Waals surface area contributed by atoms with Gasteiger partial charge in [0, 0.05) is 6.54 Å². The van der Waals surface area contributed by atoms with Crippen LogP contribution in [0.3, 0.4) is 0 Å². The van der Waals surface area contributed by atoms with Crippen LogP contribution in [-0.2, 0) is 0 Å². The van der Waals surface area contributed by atoms with Gasteiger partial charge in [-0.3, -0.25) is 0 Å². The van der Waals surface area contributed by atoms with E-state index in [1.165, 1.54) is 6.07 Å². The molecule has 0 unspecified atom stereocenters. The minimum absolute atomic E-state index is 0.209. The van der Waals surface area contributed by atoms with Gasteiger partial charge in [0.2, 0.25) is 5.89 Å². The number of fused-ring (bicyclic) bond motifs is 1. The predicted molar refractivity (Wildman–Crippen MR) is 129 cm³/mol. The highest BCUT2D eigenvalue weighted by Gasteiger charge is 2.34. The molecular weight excluding hydrogens is 433 g/mol. The minimum atomic E-state index is -0.247. The van der Waals surface area contributed by atoms with E-state index < -0.39 is 0 Å². The lowest BCUT2D eigenvalue weighted by Crippen LogP contribution is -2.34. The second kappa shape index (κ2) is 9.17. The number of ether oxygens (including phenoxy) is 1. The third-order valence-electron chi connectivity index (χ3n) is 6.12. The predicted octanol–water partition coefficient (Wildman–Crippen LogP) is 6.71. The molecule has 1 fully saturated rings. The second-order valence-electron chi connectivity index (χ2n) is 8.41. The van der Waals surface area contributed by atoms with Crippen LogP contribution in [0.5, 0.6) is 5.75 Å². The topological polar surface area (TPSA) is 67.6 Å². The number of benzene rings is 3. The van der Waals surface area contributed by atoms with Gasteiger partial charge in [0.25, 0.3) is 0 Å². The molecule has 34 heavy (non-hydrogen) atoms. The van der Waals surface area contributed by atoms with Crippen LogP contribution in [0.2, 0.25) is 0 Å². The van der Waals surface area contributed by atoms with Crippen molar-refractivity contribution in [2.24, 2.45) is 0 Å². The molecule has 1 aliphatic heterocycles. The molecule has 0 radical (unpaired) electrons. The van der Waals surface area contributed by atoms with Crippen molar-refractivity contribution >= 4 is 22.8 Å². The number of urea groups is 1. The van der Waals surface area contributed by atoms with E-state index in [-0.39, 0.29) is 17.9 Å². The number of aromatic nitrogens is 1. The summed E-state index contributed by atoms with van der Waals surface area (Å²) in [6.07, 6.45) is 1.64.